The molecule has 1 atom stereocenters. The van der Waals surface area contributed by atoms with Gasteiger partial charge in [0.15, 0.2) is 0 Å². The molecule has 1 N–H and O–H groups in total. The maximum Gasteiger partial charge on any atom is 0.138 e. The molecular formula is C10H15BrN2. The van der Waals surface area contributed by atoms with E-state index in [1.807, 2.05) is 0 Å². The van der Waals surface area contributed by atoms with Crippen LogP contribution in [0, 0.1) is 0 Å². The normalized spacial score (nSPS) is 22.7. The quantitative estimate of drug-likeness (QED) is 0.556. The van der Waals surface area contributed by atoms with Crippen molar-refractivity contribution in [3.8, 4) is 0 Å². The third kappa shape index (κ3) is 2.53. The molecule has 0 radical (unpaired) electrons. The first kappa shape index (κ1) is 10.7. The molecule has 1 heterocycles. The Labute approximate surface area is 89.9 Å². The van der Waals surface area contributed by atoms with Gasteiger partial charge in [0.05, 0.1) is 13.1 Å². The average Bonchev–Trinajstić information content (AvgIpc) is 2.54. The molecule has 0 bridgehead atoms. The van der Waals surface area contributed by atoms with Crippen LogP contribution in [-0.2, 0) is 0 Å². The van der Waals surface area contributed by atoms with Gasteiger partial charge in [-0.3, -0.25) is 9.80 Å². The minimum atomic E-state index is 0. The molecule has 0 aromatic heterocycles. The van der Waals surface area contributed by atoms with Crippen LogP contribution in [0.2, 0.25) is 0 Å². The fourth-order valence-corrected chi connectivity index (χ4v) is 1.72. The molecule has 1 aliphatic rings. The Morgan fingerprint density at radius 1 is 1.23 bits per heavy atom. The first-order chi connectivity index (χ1) is 5.86. The summed E-state index contributed by atoms with van der Waals surface area (Å²) in [5.74, 6) is 0. The number of nitrogens with zero attached hydrogens (tertiary/aromatic N) is 1. The highest BCUT2D eigenvalue weighted by Gasteiger charge is 2.21. The summed E-state index contributed by atoms with van der Waals surface area (Å²) in [5, 5.41) is 0. The lowest BCUT2D eigenvalue weighted by atomic mass is 10.3. The standard InChI is InChI=1S/C10H14N2.BrH/c1-11-7-8-12(9-11)10-5-3-2-4-6-10;/h2-6H,7-9H2,1H3;1H. The molecule has 2 rings (SSSR count). The second kappa shape index (κ2) is 4.74. The number of halogens is 1. The van der Waals surface area contributed by atoms with Crippen LogP contribution in [-0.4, -0.2) is 31.7 Å². The van der Waals surface area contributed by atoms with Crippen LogP contribution in [0.5, 0.6) is 0 Å². The van der Waals surface area contributed by atoms with Crippen molar-refractivity contribution < 1.29 is 21.9 Å². The van der Waals surface area contributed by atoms with Gasteiger partial charge >= 0.3 is 0 Å². The van der Waals surface area contributed by atoms with Crippen molar-refractivity contribution in [2.24, 2.45) is 0 Å². The highest BCUT2D eigenvalue weighted by molar-refractivity contribution is 5.27. The van der Waals surface area contributed by atoms with E-state index in [9.17, 15) is 0 Å². The van der Waals surface area contributed by atoms with Crippen molar-refractivity contribution in [3.05, 3.63) is 30.3 Å². The predicted molar refractivity (Wildman–Crippen MR) is 49.4 cm³/mol. The molecule has 1 fully saturated rings. The zero-order valence-electron chi connectivity index (χ0n) is 7.83. The van der Waals surface area contributed by atoms with Crippen LogP contribution >= 0.6 is 0 Å². The maximum atomic E-state index is 2.36. The largest absolute Gasteiger partial charge is 1.00 e. The lowest BCUT2D eigenvalue weighted by Gasteiger charge is -2.11. The fraction of sp³-hybridized carbons (Fsp3) is 0.400. The molecule has 0 amide bonds. The van der Waals surface area contributed by atoms with E-state index in [4.69, 9.17) is 0 Å². The molecule has 0 aliphatic carbocycles. The maximum absolute atomic E-state index is 2.36. The van der Waals surface area contributed by atoms with E-state index < -0.39 is 0 Å². The zero-order valence-corrected chi connectivity index (χ0v) is 9.42. The highest BCUT2D eigenvalue weighted by Crippen LogP contribution is 2.00. The molecule has 0 spiro atoms. The summed E-state index contributed by atoms with van der Waals surface area (Å²) in [7, 11) is 2.18. The highest BCUT2D eigenvalue weighted by atomic mass is 79.9. The van der Waals surface area contributed by atoms with Crippen molar-refractivity contribution >= 4 is 5.69 Å². The first-order valence-corrected chi connectivity index (χ1v) is 4.45. The van der Waals surface area contributed by atoms with Gasteiger partial charge < -0.3 is 17.0 Å². The van der Waals surface area contributed by atoms with Gasteiger partial charge in [0.2, 0.25) is 0 Å². The number of hydrogen-bond donors (Lipinski definition) is 1. The van der Waals surface area contributed by atoms with Gasteiger partial charge in [-0.15, -0.1) is 0 Å². The van der Waals surface area contributed by atoms with E-state index in [0.717, 1.165) is 6.67 Å². The second-order valence-corrected chi connectivity index (χ2v) is 3.46. The SMILES string of the molecule is CN1CC[NH+](c2ccccc2)C1.[Br-]. The van der Waals surface area contributed by atoms with E-state index in [1.165, 1.54) is 18.8 Å². The minimum absolute atomic E-state index is 0. The Hall–Kier alpha value is -0.380. The molecule has 72 valence electrons. The predicted octanol–water partition coefficient (Wildman–Crippen LogP) is -2.89. The summed E-state index contributed by atoms with van der Waals surface area (Å²) in [6, 6.07) is 10.7. The molecule has 13 heavy (non-hydrogen) atoms. The van der Waals surface area contributed by atoms with E-state index in [-0.39, 0.29) is 17.0 Å². The third-order valence-corrected chi connectivity index (χ3v) is 2.44. The van der Waals surface area contributed by atoms with Crippen molar-refractivity contribution in [1.29, 1.82) is 0 Å². The topological polar surface area (TPSA) is 7.68 Å². The van der Waals surface area contributed by atoms with Crippen LogP contribution in [0.1, 0.15) is 0 Å². The summed E-state index contributed by atoms with van der Waals surface area (Å²) in [5.41, 5.74) is 1.42. The molecule has 0 saturated carbocycles. The van der Waals surface area contributed by atoms with E-state index in [0.29, 0.717) is 0 Å². The molecule has 1 saturated heterocycles. The smallest absolute Gasteiger partial charge is 0.138 e. The Balaban J connectivity index is 0.000000845. The third-order valence-electron chi connectivity index (χ3n) is 2.44. The van der Waals surface area contributed by atoms with E-state index in [2.05, 4.69) is 42.3 Å². The average molecular weight is 243 g/mol. The Morgan fingerprint density at radius 3 is 2.46 bits per heavy atom. The monoisotopic (exact) mass is 242 g/mol. The number of quaternary nitrogens is 1. The van der Waals surface area contributed by atoms with Gasteiger partial charge in [-0.2, -0.15) is 0 Å². The molecule has 1 aromatic rings. The zero-order chi connectivity index (χ0) is 8.39. The van der Waals surface area contributed by atoms with Gasteiger partial charge in [0, 0.05) is 0 Å². The fourth-order valence-electron chi connectivity index (χ4n) is 1.72. The van der Waals surface area contributed by atoms with Gasteiger partial charge in [0.1, 0.15) is 12.4 Å². The van der Waals surface area contributed by atoms with Crippen LogP contribution in [0.15, 0.2) is 30.3 Å². The molecule has 1 aromatic carbocycles. The summed E-state index contributed by atoms with van der Waals surface area (Å²) >= 11 is 0. The van der Waals surface area contributed by atoms with Gasteiger partial charge in [-0.05, 0) is 19.2 Å². The molecule has 1 unspecified atom stereocenters. The number of benzene rings is 1. The Morgan fingerprint density at radius 2 is 1.92 bits per heavy atom. The van der Waals surface area contributed by atoms with Crippen molar-refractivity contribution in [2.45, 2.75) is 0 Å². The molecule has 1 aliphatic heterocycles. The van der Waals surface area contributed by atoms with Crippen molar-refractivity contribution in [1.82, 2.24) is 4.90 Å². The molecule has 2 nitrogen and oxygen atoms in total. The van der Waals surface area contributed by atoms with Crippen LogP contribution in [0.3, 0.4) is 0 Å². The summed E-state index contributed by atoms with van der Waals surface area (Å²) in [6.07, 6.45) is 0. The molecule has 3 heteroatoms. The number of nitrogens with one attached hydrogen (secondary N) is 1. The van der Waals surface area contributed by atoms with Gasteiger partial charge in [-0.25, -0.2) is 0 Å². The van der Waals surface area contributed by atoms with E-state index in [1.54, 1.807) is 4.90 Å². The Bertz CT molecular complexity index is 250. The molecular weight excluding hydrogens is 228 g/mol. The summed E-state index contributed by atoms with van der Waals surface area (Å²) in [4.78, 5) is 3.94. The summed E-state index contributed by atoms with van der Waals surface area (Å²) < 4.78 is 0. The van der Waals surface area contributed by atoms with Crippen molar-refractivity contribution in [2.75, 3.05) is 26.8 Å². The second-order valence-electron chi connectivity index (χ2n) is 3.46. The lowest BCUT2D eigenvalue weighted by Crippen LogP contribution is -3.05. The van der Waals surface area contributed by atoms with Gasteiger partial charge in [-0.1, -0.05) is 18.2 Å². The number of likely N-dealkylation sites (N-methyl/N-ethyl adjacent to an activating group) is 1. The number of hydrogen-bond acceptors (Lipinski definition) is 1. The Kier molecular flexibility index (Phi) is 3.90. The van der Waals surface area contributed by atoms with Gasteiger partial charge in [0.25, 0.3) is 0 Å². The van der Waals surface area contributed by atoms with Crippen LogP contribution in [0.4, 0.5) is 5.69 Å². The number of para-hydroxylation sites is 1. The van der Waals surface area contributed by atoms with Crippen LogP contribution in [0.25, 0.3) is 0 Å². The first-order valence-electron chi connectivity index (χ1n) is 4.45. The number of rotatable bonds is 1. The van der Waals surface area contributed by atoms with E-state index >= 15 is 0 Å². The summed E-state index contributed by atoms with van der Waals surface area (Å²) in [6.45, 7) is 3.59. The van der Waals surface area contributed by atoms with Crippen LogP contribution < -0.4 is 21.9 Å². The lowest BCUT2D eigenvalue weighted by molar-refractivity contribution is -0.823. The minimum Gasteiger partial charge on any atom is -1.00 e. The van der Waals surface area contributed by atoms with Crippen molar-refractivity contribution in [3.63, 3.8) is 0 Å².